The van der Waals surface area contributed by atoms with E-state index in [0.29, 0.717) is 18.3 Å². The second kappa shape index (κ2) is 6.72. The van der Waals surface area contributed by atoms with Gasteiger partial charge in [-0.25, -0.2) is 4.79 Å². The summed E-state index contributed by atoms with van der Waals surface area (Å²) >= 11 is 0. The highest BCUT2D eigenvalue weighted by Crippen LogP contribution is 2.46. The van der Waals surface area contributed by atoms with Gasteiger partial charge in [0.25, 0.3) is 0 Å². The van der Waals surface area contributed by atoms with Gasteiger partial charge in [0.2, 0.25) is 7.37 Å². The summed E-state index contributed by atoms with van der Waals surface area (Å²) in [4.78, 5) is 11.7. The fraction of sp³-hybridized carbons (Fsp3) is 0.462. The molecule has 1 atom stereocenters. The second-order valence-electron chi connectivity index (χ2n) is 3.98. The molecule has 0 radical (unpaired) electrons. The van der Waals surface area contributed by atoms with Crippen LogP contribution < -0.4 is 0 Å². The van der Waals surface area contributed by atoms with E-state index in [0.717, 1.165) is 5.56 Å². The monoisotopic (exact) mass is 270 g/mol. The lowest BCUT2D eigenvalue weighted by Gasteiger charge is -2.15. The largest absolute Gasteiger partial charge is 0.452 e. The first-order chi connectivity index (χ1) is 8.50. The van der Waals surface area contributed by atoms with Crippen molar-refractivity contribution in [3.05, 3.63) is 35.4 Å². The quantitative estimate of drug-likeness (QED) is 0.587. The fourth-order valence-electron chi connectivity index (χ4n) is 1.39. The van der Waals surface area contributed by atoms with Gasteiger partial charge in [0.15, 0.2) is 6.35 Å². The number of rotatable bonds is 6. The molecule has 0 aromatic heterocycles. The Kier molecular flexibility index (Phi) is 5.57. The summed E-state index contributed by atoms with van der Waals surface area (Å²) in [7, 11) is -2.83. The Morgan fingerprint density at radius 1 is 1.22 bits per heavy atom. The Labute approximate surface area is 108 Å². The van der Waals surface area contributed by atoms with Crippen LogP contribution in [0.3, 0.4) is 0 Å². The summed E-state index contributed by atoms with van der Waals surface area (Å²) in [5, 5.41) is 0. The molecule has 0 saturated heterocycles. The van der Waals surface area contributed by atoms with E-state index in [-0.39, 0.29) is 6.35 Å². The highest BCUT2D eigenvalue weighted by molar-refractivity contribution is 7.58. The van der Waals surface area contributed by atoms with Crippen LogP contribution in [-0.4, -0.2) is 25.1 Å². The van der Waals surface area contributed by atoms with Crippen LogP contribution in [0.15, 0.2) is 24.3 Å². The van der Waals surface area contributed by atoms with Gasteiger partial charge in [-0.3, -0.25) is 4.57 Å². The van der Waals surface area contributed by atoms with E-state index < -0.39 is 13.3 Å². The van der Waals surface area contributed by atoms with Gasteiger partial charge in [0.1, 0.15) is 0 Å². The van der Waals surface area contributed by atoms with Crippen LogP contribution in [0.4, 0.5) is 0 Å². The van der Waals surface area contributed by atoms with E-state index in [1.54, 1.807) is 26.0 Å². The average Bonchev–Trinajstić information content (AvgIpc) is 2.37. The molecule has 1 aromatic carbocycles. The summed E-state index contributed by atoms with van der Waals surface area (Å²) in [6, 6.07) is 7.04. The molecule has 18 heavy (non-hydrogen) atoms. The number of ether oxygens (including phenoxy) is 1. The van der Waals surface area contributed by atoms with Crippen LogP contribution in [0.1, 0.15) is 29.8 Å². The summed E-state index contributed by atoms with van der Waals surface area (Å²) < 4.78 is 22.3. The maximum atomic E-state index is 12.1. The Hall–Kier alpha value is -1.12. The molecule has 0 aliphatic heterocycles. The fourth-order valence-corrected chi connectivity index (χ4v) is 2.61. The molecule has 0 amide bonds. The molecule has 5 heteroatoms. The van der Waals surface area contributed by atoms with Crippen molar-refractivity contribution >= 4 is 13.3 Å². The number of hydrogen-bond donors (Lipinski definition) is 0. The number of esters is 1. The van der Waals surface area contributed by atoms with E-state index in [1.165, 1.54) is 0 Å². The topological polar surface area (TPSA) is 52.6 Å². The predicted molar refractivity (Wildman–Crippen MR) is 71.2 cm³/mol. The SMILES string of the molecule is CCOP(=O)(CC)COC(=O)c1ccc(C)cc1. The molecule has 1 aromatic rings. The number of carbonyl (C=O) groups excluding carboxylic acids is 1. The van der Waals surface area contributed by atoms with Gasteiger partial charge < -0.3 is 9.26 Å². The molecule has 0 N–H and O–H groups in total. The molecule has 1 rings (SSSR count). The van der Waals surface area contributed by atoms with Crippen molar-refractivity contribution in [3.63, 3.8) is 0 Å². The third-order valence-corrected chi connectivity index (χ3v) is 4.74. The molecule has 0 saturated carbocycles. The van der Waals surface area contributed by atoms with Gasteiger partial charge in [-0.05, 0) is 26.0 Å². The Balaban J connectivity index is 2.60. The van der Waals surface area contributed by atoms with Crippen LogP contribution in [0, 0.1) is 6.92 Å². The van der Waals surface area contributed by atoms with Crippen LogP contribution >= 0.6 is 7.37 Å². The normalized spacial score (nSPS) is 13.9. The molecular formula is C13H19O4P. The standard InChI is InChI=1S/C13H19O4P/c1-4-17-18(15,5-2)10-16-13(14)12-8-6-11(3)7-9-12/h6-9H,4-5,10H2,1-3H3. The average molecular weight is 270 g/mol. The van der Waals surface area contributed by atoms with Gasteiger partial charge in [0.05, 0.1) is 12.2 Å². The van der Waals surface area contributed by atoms with Crippen LogP contribution in [0.25, 0.3) is 0 Å². The highest BCUT2D eigenvalue weighted by atomic mass is 31.2. The maximum absolute atomic E-state index is 12.1. The molecule has 0 spiro atoms. The first kappa shape index (κ1) is 14.9. The van der Waals surface area contributed by atoms with Crippen LogP contribution in [-0.2, 0) is 13.8 Å². The molecule has 100 valence electrons. The lowest BCUT2D eigenvalue weighted by molar-refractivity contribution is 0.0558. The number of benzene rings is 1. The minimum absolute atomic E-state index is 0.163. The molecule has 0 bridgehead atoms. The summed E-state index contributed by atoms with van der Waals surface area (Å²) in [5.74, 6) is -0.469. The third-order valence-electron chi connectivity index (χ3n) is 2.53. The summed E-state index contributed by atoms with van der Waals surface area (Å²) in [6.45, 7) is 5.82. The van der Waals surface area contributed by atoms with E-state index in [4.69, 9.17) is 9.26 Å². The predicted octanol–water partition coefficient (Wildman–Crippen LogP) is 3.44. The van der Waals surface area contributed by atoms with Gasteiger partial charge in [-0.2, -0.15) is 0 Å². The molecule has 0 aliphatic carbocycles. The first-order valence-electron chi connectivity index (χ1n) is 5.97. The Bertz CT molecular complexity index is 439. The van der Waals surface area contributed by atoms with Crippen molar-refractivity contribution in [3.8, 4) is 0 Å². The zero-order valence-electron chi connectivity index (χ0n) is 11.0. The Morgan fingerprint density at radius 2 is 1.83 bits per heavy atom. The summed E-state index contributed by atoms with van der Waals surface area (Å²) in [6.07, 6.45) is 0.200. The van der Waals surface area contributed by atoms with Crippen molar-refractivity contribution < 1.29 is 18.6 Å². The minimum Gasteiger partial charge on any atom is -0.452 e. The van der Waals surface area contributed by atoms with Gasteiger partial charge in [-0.15, -0.1) is 0 Å². The van der Waals surface area contributed by atoms with Crippen molar-refractivity contribution in [2.24, 2.45) is 0 Å². The van der Waals surface area contributed by atoms with Gasteiger partial charge in [-0.1, -0.05) is 24.6 Å². The molecule has 1 unspecified atom stereocenters. The second-order valence-corrected chi connectivity index (χ2v) is 6.75. The highest BCUT2D eigenvalue weighted by Gasteiger charge is 2.22. The van der Waals surface area contributed by atoms with Crippen molar-refractivity contribution in [2.75, 3.05) is 19.1 Å². The maximum Gasteiger partial charge on any atom is 0.338 e. The van der Waals surface area contributed by atoms with Gasteiger partial charge in [0, 0.05) is 6.16 Å². The number of carbonyl (C=O) groups is 1. The lowest BCUT2D eigenvalue weighted by Crippen LogP contribution is -2.09. The zero-order chi connectivity index (χ0) is 13.6. The number of hydrogen-bond acceptors (Lipinski definition) is 4. The van der Waals surface area contributed by atoms with E-state index in [9.17, 15) is 9.36 Å². The molecule has 0 aliphatic rings. The number of aryl methyl sites for hydroxylation is 1. The van der Waals surface area contributed by atoms with Crippen molar-refractivity contribution in [2.45, 2.75) is 20.8 Å². The lowest BCUT2D eigenvalue weighted by atomic mass is 10.2. The van der Waals surface area contributed by atoms with Crippen molar-refractivity contribution in [1.29, 1.82) is 0 Å². The van der Waals surface area contributed by atoms with Crippen molar-refractivity contribution in [1.82, 2.24) is 0 Å². The van der Waals surface area contributed by atoms with Crippen LogP contribution in [0.2, 0.25) is 0 Å². The molecular weight excluding hydrogens is 251 g/mol. The molecule has 0 heterocycles. The first-order valence-corrected chi connectivity index (χ1v) is 7.96. The molecule has 4 nitrogen and oxygen atoms in total. The summed E-state index contributed by atoms with van der Waals surface area (Å²) in [5.41, 5.74) is 1.53. The Morgan fingerprint density at radius 3 is 2.33 bits per heavy atom. The third kappa shape index (κ3) is 4.28. The zero-order valence-corrected chi connectivity index (χ0v) is 11.9. The van der Waals surface area contributed by atoms with E-state index >= 15 is 0 Å². The smallest absolute Gasteiger partial charge is 0.338 e. The minimum atomic E-state index is -2.83. The van der Waals surface area contributed by atoms with Crippen LogP contribution in [0.5, 0.6) is 0 Å². The molecule has 0 fully saturated rings. The van der Waals surface area contributed by atoms with E-state index in [2.05, 4.69) is 0 Å². The van der Waals surface area contributed by atoms with E-state index in [1.807, 2.05) is 19.1 Å². The van der Waals surface area contributed by atoms with Gasteiger partial charge >= 0.3 is 5.97 Å².